The summed E-state index contributed by atoms with van der Waals surface area (Å²) >= 11 is 1.52. The van der Waals surface area contributed by atoms with Gasteiger partial charge in [0.25, 0.3) is 0 Å². The van der Waals surface area contributed by atoms with Crippen molar-refractivity contribution in [3.8, 4) is 0 Å². The van der Waals surface area contributed by atoms with Crippen molar-refractivity contribution in [1.82, 2.24) is 0 Å². The van der Waals surface area contributed by atoms with Crippen LogP contribution in [0.1, 0.15) is 24.8 Å². The number of rotatable bonds is 5. The van der Waals surface area contributed by atoms with Crippen LogP contribution in [-0.2, 0) is 9.53 Å². The fraction of sp³-hybridized carbons (Fsp3) is 0.462. The van der Waals surface area contributed by atoms with E-state index >= 15 is 0 Å². The number of thioether (sulfide) groups is 1. The molecular weight excluding hydrogens is 239 g/mol. The van der Waals surface area contributed by atoms with E-state index in [2.05, 4.69) is 0 Å². The van der Waals surface area contributed by atoms with E-state index in [9.17, 15) is 9.18 Å². The Balaban J connectivity index is 2.07. The maximum absolute atomic E-state index is 13.8. The zero-order valence-electron chi connectivity index (χ0n) is 9.69. The lowest BCUT2D eigenvalue weighted by Gasteiger charge is -2.25. The highest BCUT2D eigenvalue weighted by atomic mass is 32.2. The van der Waals surface area contributed by atoms with Crippen molar-refractivity contribution in [3.05, 3.63) is 29.6 Å². The van der Waals surface area contributed by atoms with E-state index in [0.29, 0.717) is 29.8 Å². The molecule has 2 nitrogen and oxygen atoms in total. The molecular formula is C13H15FO2S. The first-order chi connectivity index (χ1) is 8.20. The third-order valence-electron chi connectivity index (χ3n) is 2.88. The van der Waals surface area contributed by atoms with Crippen LogP contribution < -0.4 is 0 Å². The molecule has 17 heavy (non-hydrogen) atoms. The Morgan fingerprint density at radius 2 is 2.35 bits per heavy atom. The van der Waals surface area contributed by atoms with Crippen LogP contribution in [0.3, 0.4) is 0 Å². The molecule has 0 bridgehead atoms. The molecule has 0 saturated carbocycles. The van der Waals surface area contributed by atoms with E-state index in [1.54, 1.807) is 6.07 Å². The molecule has 1 aromatic carbocycles. The highest BCUT2D eigenvalue weighted by Gasteiger charge is 2.21. The maximum atomic E-state index is 13.8. The second-order valence-electron chi connectivity index (χ2n) is 4.27. The topological polar surface area (TPSA) is 26.3 Å². The van der Waals surface area contributed by atoms with Crippen molar-refractivity contribution < 1.29 is 13.9 Å². The van der Waals surface area contributed by atoms with Crippen molar-refractivity contribution in [2.24, 2.45) is 0 Å². The normalized spacial score (nSPS) is 17.5. The van der Waals surface area contributed by atoms with Gasteiger partial charge in [-0.05, 0) is 23.6 Å². The van der Waals surface area contributed by atoms with Crippen LogP contribution in [0, 0.1) is 5.82 Å². The minimum Gasteiger partial charge on any atom is -0.379 e. The number of benzene rings is 1. The number of ether oxygens (including phenoxy) is 1. The SMILES string of the molecule is CC(CC=O)c1ccc(SC2COC2)c(F)c1. The number of hydrogen-bond donors (Lipinski definition) is 0. The van der Waals surface area contributed by atoms with Crippen molar-refractivity contribution >= 4 is 18.0 Å². The number of carbonyl (C=O) groups is 1. The Hall–Kier alpha value is -0.870. The predicted molar refractivity (Wildman–Crippen MR) is 66.0 cm³/mol. The summed E-state index contributed by atoms with van der Waals surface area (Å²) in [7, 11) is 0. The molecule has 1 aliphatic rings. The predicted octanol–water partition coefficient (Wildman–Crippen LogP) is 3.01. The van der Waals surface area contributed by atoms with Crippen LogP contribution in [0.15, 0.2) is 23.1 Å². The fourth-order valence-electron chi connectivity index (χ4n) is 1.66. The lowest BCUT2D eigenvalue weighted by atomic mass is 9.99. The van der Waals surface area contributed by atoms with Gasteiger partial charge in [0.2, 0.25) is 0 Å². The third-order valence-corrected chi connectivity index (χ3v) is 4.07. The van der Waals surface area contributed by atoms with Crippen molar-refractivity contribution in [2.45, 2.75) is 29.4 Å². The Morgan fingerprint density at radius 3 is 2.88 bits per heavy atom. The Labute approximate surface area is 105 Å². The Morgan fingerprint density at radius 1 is 1.59 bits per heavy atom. The van der Waals surface area contributed by atoms with E-state index in [4.69, 9.17) is 4.74 Å². The molecule has 2 rings (SSSR count). The van der Waals surface area contributed by atoms with Crippen LogP contribution >= 0.6 is 11.8 Å². The Bertz CT molecular complexity index is 404. The quantitative estimate of drug-likeness (QED) is 0.756. The summed E-state index contributed by atoms with van der Waals surface area (Å²) in [4.78, 5) is 11.1. The summed E-state index contributed by atoms with van der Waals surface area (Å²) in [6.45, 7) is 3.33. The van der Waals surface area contributed by atoms with E-state index in [1.165, 1.54) is 17.8 Å². The van der Waals surface area contributed by atoms with Gasteiger partial charge in [-0.2, -0.15) is 0 Å². The van der Waals surface area contributed by atoms with Gasteiger partial charge in [0.1, 0.15) is 12.1 Å². The molecule has 1 unspecified atom stereocenters. The largest absolute Gasteiger partial charge is 0.379 e. The first-order valence-corrected chi connectivity index (χ1v) is 6.56. The standard InChI is InChI=1S/C13H15FO2S/c1-9(4-5-15)10-2-3-13(12(14)6-10)17-11-7-16-8-11/h2-3,5-6,9,11H,4,7-8H2,1H3. The summed E-state index contributed by atoms with van der Waals surface area (Å²) < 4.78 is 18.9. The molecule has 0 aromatic heterocycles. The molecule has 1 saturated heterocycles. The van der Waals surface area contributed by atoms with E-state index in [0.717, 1.165) is 11.8 Å². The molecule has 1 aliphatic heterocycles. The van der Waals surface area contributed by atoms with Crippen LogP contribution in [0.4, 0.5) is 4.39 Å². The molecule has 4 heteroatoms. The molecule has 0 radical (unpaired) electrons. The first kappa shape index (κ1) is 12.6. The monoisotopic (exact) mass is 254 g/mol. The van der Waals surface area contributed by atoms with Gasteiger partial charge in [0, 0.05) is 11.3 Å². The molecule has 0 amide bonds. The minimum absolute atomic E-state index is 0.0769. The van der Waals surface area contributed by atoms with Crippen molar-refractivity contribution in [2.75, 3.05) is 13.2 Å². The van der Waals surface area contributed by atoms with Gasteiger partial charge in [-0.15, -0.1) is 11.8 Å². The zero-order chi connectivity index (χ0) is 12.3. The molecule has 0 spiro atoms. The average Bonchev–Trinajstić information content (AvgIpc) is 2.25. The molecule has 1 aromatic rings. The lowest BCUT2D eigenvalue weighted by molar-refractivity contribution is -0.108. The average molecular weight is 254 g/mol. The molecule has 1 heterocycles. The molecule has 1 fully saturated rings. The highest BCUT2D eigenvalue weighted by molar-refractivity contribution is 8.00. The second kappa shape index (κ2) is 5.65. The molecule has 1 atom stereocenters. The van der Waals surface area contributed by atoms with Crippen molar-refractivity contribution in [1.29, 1.82) is 0 Å². The highest BCUT2D eigenvalue weighted by Crippen LogP contribution is 2.31. The number of halogens is 1. The molecule has 0 N–H and O–H groups in total. The maximum Gasteiger partial charge on any atom is 0.137 e. The number of carbonyl (C=O) groups excluding carboxylic acids is 1. The molecule has 0 aliphatic carbocycles. The third kappa shape index (κ3) is 3.07. The van der Waals surface area contributed by atoms with Gasteiger partial charge in [0.15, 0.2) is 0 Å². The minimum atomic E-state index is -0.197. The fourth-order valence-corrected chi connectivity index (χ4v) is 2.67. The summed E-state index contributed by atoms with van der Waals surface area (Å²) in [5, 5.41) is 0.378. The second-order valence-corrected chi connectivity index (χ2v) is 5.61. The smallest absolute Gasteiger partial charge is 0.137 e. The zero-order valence-corrected chi connectivity index (χ0v) is 10.5. The van der Waals surface area contributed by atoms with Crippen molar-refractivity contribution in [3.63, 3.8) is 0 Å². The van der Waals surface area contributed by atoms with Crippen LogP contribution in [0.25, 0.3) is 0 Å². The van der Waals surface area contributed by atoms with Gasteiger partial charge in [-0.3, -0.25) is 0 Å². The number of aldehydes is 1. The van der Waals surface area contributed by atoms with E-state index in [-0.39, 0.29) is 11.7 Å². The van der Waals surface area contributed by atoms with E-state index < -0.39 is 0 Å². The summed E-state index contributed by atoms with van der Waals surface area (Å²) in [6.07, 6.45) is 1.30. The summed E-state index contributed by atoms with van der Waals surface area (Å²) in [6, 6.07) is 5.24. The first-order valence-electron chi connectivity index (χ1n) is 5.68. The lowest BCUT2D eigenvalue weighted by Crippen LogP contribution is -2.30. The number of hydrogen-bond acceptors (Lipinski definition) is 3. The van der Waals surface area contributed by atoms with Gasteiger partial charge in [-0.25, -0.2) is 4.39 Å². The van der Waals surface area contributed by atoms with Crippen LogP contribution in [0.2, 0.25) is 0 Å². The summed E-state index contributed by atoms with van der Waals surface area (Å²) in [5.41, 5.74) is 0.879. The van der Waals surface area contributed by atoms with Gasteiger partial charge in [0.05, 0.1) is 18.5 Å². The van der Waals surface area contributed by atoms with Gasteiger partial charge in [-0.1, -0.05) is 13.0 Å². The van der Waals surface area contributed by atoms with E-state index in [1.807, 2.05) is 13.0 Å². The Kier molecular flexibility index (Phi) is 4.18. The summed E-state index contributed by atoms with van der Waals surface area (Å²) in [5.74, 6) is -0.120. The molecule has 92 valence electrons. The van der Waals surface area contributed by atoms with Crippen LogP contribution in [-0.4, -0.2) is 24.7 Å². The van der Waals surface area contributed by atoms with Crippen LogP contribution in [0.5, 0.6) is 0 Å². The van der Waals surface area contributed by atoms with Gasteiger partial charge < -0.3 is 9.53 Å². The van der Waals surface area contributed by atoms with Gasteiger partial charge >= 0.3 is 0 Å².